The van der Waals surface area contributed by atoms with Crippen LogP contribution in [0.25, 0.3) is 11.1 Å². The number of methoxy groups -OCH3 is 1. The lowest BCUT2D eigenvalue weighted by molar-refractivity contribution is -0.121. The van der Waals surface area contributed by atoms with Crippen molar-refractivity contribution in [3.63, 3.8) is 0 Å². The average molecular weight is 474 g/mol. The molecule has 1 aromatic heterocycles. The van der Waals surface area contributed by atoms with Gasteiger partial charge in [0.2, 0.25) is 5.91 Å². The van der Waals surface area contributed by atoms with Crippen molar-refractivity contribution in [1.82, 2.24) is 9.88 Å². The van der Waals surface area contributed by atoms with Gasteiger partial charge in [-0.1, -0.05) is 6.07 Å². The minimum absolute atomic E-state index is 0.0782. The van der Waals surface area contributed by atoms with Crippen molar-refractivity contribution in [2.45, 2.75) is 25.4 Å². The molecule has 1 saturated heterocycles. The number of nitrogens with zero attached hydrogens (tertiary/aromatic N) is 2. The highest BCUT2D eigenvalue weighted by Gasteiger charge is 2.28. The largest absolute Gasteiger partial charge is 0.497 e. The number of carbonyl (C=O) groups is 1. The Balaban J connectivity index is 1.37. The van der Waals surface area contributed by atoms with Gasteiger partial charge in [0.1, 0.15) is 30.0 Å². The van der Waals surface area contributed by atoms with Crippen LogP contribution in [0, 0.1) is 5.92 Å². The molecule has 3 aromatic rings. The molecule has 1 fully saturated rings. The third-order valence-electron chi connectivity index (χ3n) is 6.67. The highest BCUT2D eigenvalue weighted by Crippen LogP contribution is 2.35. The van der Waals surface area contributed by atoms with Gasteiger partial charge in [0, 0.05) is 18.9 Å². The molecule has 5 rings (SSSR count). The number of ether oxygens (including phenoxy) is 3. The minimum atomic E-state index is -0.303. The molecule has 2 atom stereocenters. The Bertz CT molecular complexity index is 1180. The second-order valence-corrected chi connectivity index (χ2v) is 9.27. The van der Waals surface area contributed by atoms with Crippen LogP contribution in [-0.2, 0) is 11.2 Å². The molecule has 1 amide bonds. The maximum Gasteiger partial charge on any atom is 0.231 e. The van der Waals surface area contributed by atoms with Gasteiger partial charge in [-0.2, -0.15) is 0 Å². The summed E-state index contributed by atoms with van der Waals surface area (Å²) in [6.45, 7) is 2.28. The van der Waals surface area contributed by atoms with E-state index in [1.807, 2.05) is 48.5 Å². The highest BCUT2D eigenvalue weighted by atomic mass is 16.5. The van der Waals surface area contributed by atoms with Gasteiger partial charge in [-0.25, -0.2) is 0 Å². The van der Waals surface area contributed by atoms with Crippen molar-refractivity contribution in [1.29, 1.82) is 0 Å². The number of nitrogens with one attached hydrogen (secondary N) is 1. The summed E-state index contributed by atoms with van der Waals surface area (Å²) < 4.78 is 17.7. The third kappa shape index (κ3) is 5.41. The smallest absolute Gasteiger partial charge is 0.231 e. The second kappa shape index (κ2) is 10.4. The number of hydrogen-bond acceptors (Lipinski definition) is 6. The summed E-state index contributed by atoms with van der Waals surface area (Å²) in [5.74, 6) is 1.87. The summed E-state index contributed by atoms with van der Waals surface area (Å²) in [5.41, 5.74) is 3.73. The van der Waals surface area contributed by atoms with Crippen molar-refractivity contribution < 1.29 is 19.0 Å². The molecule has 0 aliphatic carbocycles. The summed E-state index contributed by atoms with van der Waals surface area (Å²) in [6, 6.07) is 15.6. The number of anilines is 1. The summed E-state index contributed by atoms with van der Waals surface area (Å²) >= 11 is 0. The molecular weight excluding hydrogens is 442 g/mol. The highest BCUT2D eigenvalue weighted by molar-refractivity contribution is 5.95. The van der Waals surface area contributed by atoms with Gasteiger partial charge in [-0.15, -0.1) is 0 Å². The number of benzene rings is 2. The van der Waals surface area contributed by atoms with E-state index in [4.69, 9.17) is 14.2 Å². The molecule has 0 spiro atoms. The molecule has 0 radical (unpaired) electrons. The lowest BCUT2D eigenvalue weighted by Gasteiger charge is -2.31. The van der Waals surface area contributed by atoms with E-state index in [0.717, 1.165) is 54.1 Å². The van der Waals surface area contributed by atoms with Crippen molar-refractivity contribution in [3.05, 3.63) is 66.5 Å². The van der Waals surface area contributed by atoms with E-state index in [1.165, 1.54) is 0 Å². The molecule has 2 aliphatic heterocycles. The normalized spacial score (nSPS) is 19.8. The zero-order valence-corrected chi connectivity index (χ0v) is 20.2. The first-order valence-corrected chi connectivity index (χ1v) is 12.1. The molecule has 2 unspecified atom stereocenters. The summed E-state index contributed by atoms with van der Waals surface area (Å²) in [5, 5.41) is 3.12. The van der Waals surface area contributed by atoms with Crippen molar-refractivity contribution >= 4 is 11.6 Å². The Morgan fingerprint density at radius 1 is 1.11 bits per heavy atom. The van der Waals surface area contributed by atoms with Gasteiger partial charge < -0.3 is 24.4 Å². The Labute approximate surface area is 206 Å². The SMILES string of the molecule is COc1ccc2c(c1)CC(C(=O)Nc1ccc(-c3ccncc3)cc1OC1CCCN(C)C1)CO2. The molecular formula is C28H31N3O4. The number of hydrogen-bond donors (Lipinski definition) is 1. The first kappa shape index (κ1) is 23.2. The van der Waals surface area contributed by atoms with Crippen LogP contribution in [0.15, 0.2) is 60.9 Å². The van der Waals surface area contributed by atoms with Crippen LogP contribution >= 0.6 is 0 Å². The van der Waals surface area contributed by atoms with Crippen LogP contribution < -0.4 is 19.5 Å². The minimum Gasteiger partial charge on any atom is -0.497 e. The van der Waals surface area contributed by atoms with E-state index in [0.29, 0.717) is 24.5 Å². The first-order valence-electron chi connectivity index (χ1n) is 12.1. The molecule has 7 heteroatoms. The molecule has 182 valence electrons. The van der Waals surface area contributed by atoms with E-state index >= 15 is 0 Å². The lowest BCUT2D eigenvalue weighted by atomic mass is 9.95. The number of carbonyl (C=O) groups excluding carboxylic acids is 1. The van der Waals surface area contributed by atoms with Crippen LogP contribution in [0.2, 0.25) is 0 Å². The van der Waals surface area contributed by atoms with E-state index in [9.17, 15) is 4.79 Å². The fourth-order valence-electron chi connectivity index (χ4n) is 4.74. The summed E-state index contributed by atoms with van der Waals surface area (Å²) in [4.78, 5) is 19.7. The molecule has 0 saturated carbocycles. The van der Waals surface area contributed by atoms with Crippen LogP contribution in [0.5, 0.6) is 17.2 Å². The van der Waals surface area contributed by atoms with Crippen molar-refractivity contribution in [3.8, 4) is 28.4 Å². The predicted octanol–water partition coefficient (Wildman–Crippen LogP) is 4.42. The number of pyridine rings is 1. The number of likely N-dealkylation sites (N-methyl/N-ethyl adjacent to an activating group) is 1. The van der Waals surface area contributed by atoms with Crippen molar-refractivity contribution in [2.24, 2.45) is 5.92 Å². The van der Waals surface area contributed by atoms with Gasteiger partial charge in [0.05, 0.1) is 18.7 Å². The van der Waals surface area contributed by atoms with Gasteiger partial charge in [0.15, 0.2) is 0 Å². The number of likely N-dealkylation sites (tertiary alicyclic amines) is 1. The predicted molar refractivity (Wildman–Crippen MR) is 135 cm³/mol. The van der Waals surface area contributed by atoms with Crippen LogP contribution in [0.1, 0.15) is 18.4 Å². The molecule has 2 aromatic carbocycles. The summed E-state index contributed by atoms with van der Waals surface area (Å²) in [7, 11) is 3.75. The number of piperidine rings is 1. The molecule has 7 nitrogen and oxygen atoms in total. The van der Waals surface area contributed by atoms with Crippen LogP contribution in [0.4, 0.5) is 5.69 Å². The number of aromatic nitrogens is 1. The van der Waals surface area contributed by atoms with E-state index in [1.54, 1.807) is 19.5 Å². The zero-order valence-electron chi connectivity index (χ0n) is 20.2. The lowest BCUT2D eigenvalue weighted by Crippen LogP contribution is -2.38. The molecule has 3 heterocycles. The average Bonchev–Trinajstić information content (AvgIpc) is 2.89. The third-order valence-corrected chi connectivity index (χ3v) is 6.67. The van der Waals surface area contributed by atoms with E-state index < -0.39 is 0 Å². The molecule has 0 bridgehead atoms. The maximum atomic E-state index is 13.3. The molecule has 35 heavy (non-hydrogen) atoms. The number of rotatable bonds is 6. The van der Waals surface area contributed by atoms with Gasteiger partial charge >= 0.3 is 0 Å². The molecule has 1 N–H and O–H groups in total. The van der Waals surface area contributed by atoms with E-state index in [-0.39, 0.29) is 17.9 Å². The maximum absolute atomic E-state index is 13.3. The fourth-order valence-corrected chi connectivity index (χ4v) is 4.74. The van der Waals surface area contributed by atoms with Crippen LogP contribution in [-0.4, -0.2) is 55.7 Å². The van der Waals surface area contributed by atoms with Crippen molar-refractivity contribution in [2.75, 3.05) is 39.2 Å². The Kier molecular flexibility index (Phi) is 6.86. The van der Waals surface area contributed by atoms with Gasteiger partial charge in [0.25, 0.3) is 0 Å². The second-order valence-electron chi connectivity index (χ2n) is 9.27. The monoisotopic (exact) mass is 473 g/mol. The van der Waals surface area contributed by atoms with Gasteiger partial charge in [-0.05, 0) is 92.0 Å². The number of amides is 1. The quantitative estimate of drug-likeness (QED) is 0.571. The fraction of sp³-hybridized carbons (Fsp3) is 0.357. The Morgan fingerprint density at radius 3 is 2.77 bits per heavy atom. The standard InChI is InChI=1S/C28H31N3O4/c1-31-13-3-4-24(17-31)35-27-16-20(19-9-11-29-12-10-19)5-7-25(27)30-28(32)22-14-21-15-23(33-2)6-8-26(21)34-18-22/h5-12,15-16,22,24H,3-4,13-14,17-18H2,1-2H3,(H,30,32). The zero-order chi connectivity index (χ0) is 24.2. The summed E-state index contributed by atoms with van der Waals surface area (Å²) in [6.07, 6.45) is 6.31. The molecule has 2 aliphatic rings. The topological polar surface area (TPSA) is 72.9 Å². The number of fused-ring (bicyclic) bond motifs is 1. The van der Waals surface area contributed by atoms with Crippen LogP contribution in [0.3, 0.4) is 0 Å². The van der Waals surface area contributed by atoms with Gasteiger partial charge in [-0.3, -0.25) is 9.78 Å². The Morgan fingerprint density at radius 2 is 1.97 bits per heavy atom. The Hall–Kier alpha value is -3.58. The first-order chi connectivity index (χ1) is 17.1. The van der Waals surface area contributed by atoms with E-state index in [2.05, 4.69) is 22.2 Å².